The maximum absolute atomic E-state index is 5.13. The van der Waals surface area contributed by atoms with Crippen LogP contribution in [0.3, 0.4) is 0 Å². The van der Waals surface area contributed by atoms with E-state index in [-0.39, 0.29) is 0 Å². The zero-order chi connectivity index (χ0) is 30.6. The minimum Gasteiger partial charge on any atom is -0.309 e. The van der Waals surface area contributed by atoms with Crippen LogP contribution in [0.1, 0.15) is 0 Å². The summed E-state index contributed by atoms with van der Waals surface area (Å²) in [6.07, 6.45) is 5.53. The average Bonchev–Trinajstić information content (AvgIpc) is 3.80. The van der Waals surface area contributed by atoms with E-state index in [0.29, 0.717) is 0 Å². The van der Waals surface area contributed by atoms with E-state index in [9.17, 15) is 0 Å². The summed E-state index contributed by atoms with van der Waals surface area (Å²) in [5, 5.41) is 8.23. The predicted octanol–water partition coefficient (Wildman–Crippen LogP) is 9.78. The van der Waals surface area contributed by atoms with Crippen LogP contribution in [0.2, 0.25) is 0 Å². The summed E-state index contributed by atoms with van der Waals surface area (Å²) in [6.45, 7) is 0. The lowest BCUT2D eigenvalue weighted by Gasteiger charge is -2.13. The molecular weight excluding hydrogens is 576 g/mol. The van der Waals surface area contributed by atoms with Crippen molar-refractivity contribution in [3.05, 3.63) is 146 Å². The molecule has 0 bridgehead atoms. The first-order chi connectivity index (χ1) is 23.4. The standard InChI is InChI=1S/C41H24N6/c1-3-10-25(11-4-1)45-32-16-8-7-14-27(32)37-34(45)19-20-35-38(37)28-17-18-30-36(39(28)46(35)26-12-5-2-6-13-26)29-15-9-22-43-40(29)47-33-21-23-42-24-31(33)44-41(30)47/h1-24H. The smallest absolute Gasteiger partial charge is 0.147 e. The molecule has 0 spiro atoms. The highest BCUT2D eigenvalue weighted by atomic mass is 15.1. The fourth-order valence-electron chi connectivity index (χ4n) is 7.91. The molecule has 0 saturated heterocycles. The van der Waals surface area contributed by atoms with Gasteiger partial charge in [0.25, 0.3) is 0 Å². The number of hydrogen-bond acceptors (Lipinski definition) is 3. The molecule has 6 aromatic heterocycles. The number of aromatic nitrogens is 6. The SMILES string of the molecule is c1ccc(-n2c3ccccc3c3c4c5ccc6c(c7cccnc7n7c8ccncc8nc67)c5n(-c5ccccc5)c4ccc32)cc1. The van der Waals surface area contributed by atoms with Gasteiger partial charge in [-0.15, -0.1) is 0 Å². The van der Waals surface area contributed by atoms with Gasteiger partial charge in [-0.2, -0.15) is 0 Å². The van der Waals surface area contributed by atoms with Crippen molar-refractivity contribution in [2.24, 2.45) is 0 Å². The molecule has 6 heteroatoms. The zero-order valence-electron chi connectivity index (χ0n) is 25.0. The van der Waals surface area contributed by atoms with Gasteiger partial charge in [-0.05, 0) is 66.7 Å². The fourth-order valence-corrected chi connectivity index (χ4v) is 7.91. The van der Waals surface area contributed by atoms with Crippen LogP contribution >= 0.6 is 0 Å². The molecule has 11 aromatic rings. The van der Waals surface area contributed by atoms with Crippen molar-refractivity contribution in [2.45, 2.75) is 0 Å². The Kier molecular flexibility index (Phi) is 4.75. The van der Waals surface area contributed by atoms with Crippen molar-refractivity contribution in [1.29, 1.82) is 0 Å². The largest absolute Gasteiger partial charge is 0.309 e. The van der Waals surface area contributed by atoms with Crippen molar-refractivity contribution in [3.63, 3.8) is 0 Å². The third kappa shape index (κ3) is 3.16. The summed E-state index contributed by atoms with van der Waals surface area (Å²) in [5.74, 6) is 0. The van der Waals surface area contributed by atoms with Crippen LogP contribution in [0.5, 0.6) is 0 Å². The molecule has 0 aliphatic rings. The first-order valence-electron chi connectivity index (χ1n) is 15.8. The zero-order valence-corrected chi connectivity index (χ0v) is 25.0. The maximum atomic E-state index is 5.13. The molecular formula is C41H24N6. The van der Waals surface area contributed by atoms with Crippen LogP contribution in [0, 0.1) is 0 Å². The van der Waals surface area contributed by atoms with Gasteiger partial charge in [-0.25, -0.2) is 9.97 Å². The number of rotatable bonds is 2. The molecule has 0 N–H and O–H groups in total. The van der Waals surface area contributed by atoms with Gasteiger partial charge in [-0.1, -0.05) is 60.7 Å². The highest BCUT2D eigenvalue weighted by Gasteiger charge is 2.24. The van der Waals surface area contributed by atoms with Crippen LogP contribution in [0.25, 0.3) is 93.5 Å². The summed E-state index contributed by atoms with van der Waals surface area (Å²) < 4.78 is 7.01. The van der Waals surface area contributed by atoms with E-state index in [1.54, 1.807) is 0 Å². The number of benzene rings is 5. The first-order valence-corrected chi connectivity index (χ1v) is 15.8. The van der Waals surface area contributed by atoms with Crippen molar-refractivity contribution >= 4 is 82.1 Å². The molecule has 11 rings (SSSR count). The predicted molar refractivity (Wildman–Crippen MR) is 192 cm³/mol. The van der Waals surface area contributed by atoms with Gasteiger partial charge in [0.2, 0.25) is 0 Å². The second-order valence-electron chi connectivity index (χ2n) is 12.1. The van der Waals surface area contributed by atoms with Gasteiger partial charge < -0.3 is 9.13 Å². The summed E-state index contributed by atoms with van der Waals surface area (Å²) >= 11 is 0. The topological polar surface area (TPSA) is 52.9 Å². The molecule has 0 amide bonds. The van der Waals surface area contributed by atoms with Gasteiger partial charge in [0.05, 0.1) is 33.8 Å². The van der Waals surface area contributed by atoms with Gasteiger partial charge in [-0.3, -0.25) is 9.38 Å². The number of imidazole rings is 1. The van der Waals surface area contributed by atoms with E-state index in [0.717, 1.165) is 60.9 Å². The number of fused-ring (bicyclic) bond motifs is 16. The minimum atomic E-state index is 0.853. The number of hydrogen-bond donors (Lipinski definition) is 0. The van der Waals surface area contributed by atoms with E-state index in [2.05, 4.69) is 134 Å². The molecule has 0 unspecified atom stereocenters. The molecule has 6 nitrogen and oxygen atoms in total. The number of nitrogens with zero attached hydrogens (tertiary/aromatic N) is 6. The van der Waals surface area contributed by atoms with Crippen LogP contribution in [0.4, 0.5) is 0 Å². The molecule has 47 heavy (non-hydrogen) atoms. The van der Waals surface area contributed by atoms with Crippen molar-refractivity contribution in [1.82, 2.24) is 28.5 Å². The Morgan fingerprint density at radius 3 is 1.91 bits per heavy atom. The van der Waals surface area contributed by atoms with Gasteiger partial charge in [0, 0.05) is 61.5 Å². The van der Waals surface area contributed by atoms with Gasteiger partial charge >= 0.3 is 0 Å². The quantitative estimate of drug-likeness (QED) is 0.186. The van der Waals surface area contributed by atoms with Gasteiger partial charge in [0.1, 0.15) is 16.8 Å². The van der Waals surface area contributed by atoms with Crippen LogP contribution in [-0.4, -0.2) is 28.5 Å². The lowest BCUT2D eigenvalue weighted by atomic mass is 10.0. The minimum absolute atomic E-state index is 0.853. The van der Waals surface area contributed by atoms with Crippen LogP contribution < -0.4 is 0 Å². The van der Waals surface area contributed by atoms with Crippen LogP contribution in [0.15, 0.2) is 146 Å². The van der Waals surface area contributed by atoms with E-state index < -0.39 is 0 Å². The second-order valence-corrected chi connectivity index (χ2v) is 12.1. The Morgan fingerprint density at radius 1 is 0.426 bits per heavy atom. The van der Waals surface area contributed by atoms with Crippen molar-refractivity contribution < 1.29 is 0 Å². The Bertz CT molecular complexity index is 3060. The molecule has 0 saturated carbocycles. The Balaban J connectivity index is 1.43. The Hall–Kier alpha value is -6.53. The highest BCUT2D eigenvalue weighted by Crippen LogP contribution is 2.45. The van der Waals surface area contributed by atoms with Crippen molar-refractivity contribution in [2.75, 3.05) is 0 Å². The normalized spacial score (nSPS) is 12.3. The molecule has 0 radical (unpaired) electrons. The van der Waals surface area contributed by atoms with E-state index >= 15 is 0 Å². The monoisotopic (exact) mass is 600 g/mol. The molecule has 218 valence electrons. The van der Waals surface area contributed by atoms with E-state index in [1.165, 1.54) is 32.6 Å². The number of pyridine rings is 3. The molecule has 0 aliphatic heterocycles. The third-order valence-electron chi connectivity index (χ3n) is 9.72. The second kappa shape index (κ2) is 9.02. The van der Waals surface area contributed by atoms with E-state index in [1.807, 2.05) is 30.7 Å². The third-order valence-corrected chi connectivity index (χ3v) is 9.72. The highest BCUT2D eigenvalue weighted by molar-refractivity contribution is 6.34. The molecule has 6 heterocycles. The lowest BCUT2D eigenvalue weighted by molar-refractivity contribution is 1.17. The van der Waals surface area contributed by atoms with E-state index in [4.69, 9.17) is 9.97 Å². The molecule has 0 aliphatic carbocycles. The molecule has 0 fully saturated rings. The molecule has 0 atom stereocenters. The molecule has 5 aromatic carbocycles. The fraction of sp³-hybridized carbons (Fsp3) is 0. The Morgan fingerprint density at radius 2 is 1.09 bits per heavy atom. The average molecular weight is 601 g/mol. The van der Waals surface area contributed by atoms with Crippen molar-refractivity contribution in [3.8, 4) is 11.4 Å². The Labute approximate surface area is 267 Å². The lowest BCUT2D eigenvalue weighted by Crippen LogP contribution is -1.98. The van der Waals surface area contributed by atoms with Crippen LogP contribution in [-0.2, 0) is 0 Å². The summed E-state index contributed by atoms with van der Waals surface area (Å²) in [7, 11) is 0. The summed E-state index contributed by atoms with van der Waals surface area (Å²) in [6, 6.07) is 45.5. The summed E-state index contributed by atoms with van der Waals surface area (Å²) in [4.78, 5) is 14.5. The van der Waals surface area contributed by atoms with Gasteiger partial charge in [0.15, 0.2) is 0 Å². The first kappa shape index (κ1) is 24.8. The summed E-state index contributed by atoms with van der Waals surface area (Å²) in [5.41, 5.74) is 10.6. The number of para-hydroxylation sites is 3. The maximum Gasteiger partial charge on any atom is 0.147 e.